The Labute approximate surface area is 144 Å². The average molecular weight is 353 g/mol. The van der Waals surface area contributed by atoms with Gasteiger partial charge in [0, 0.05) is 32.1 Å². The number of benzene rings is 1. The topological polar surface area (TPSA) is 92.5 Å². The molecule has 1 aliphatic rings. The monoisotopic (exact) mass is 353 g/mol. The summed E-state index contributed by atoms with van der Waals surface area (Å²) in [6.07, 6.45) is 3.92. The Morgan fingerprint density at radius 3 is 2.67 bits per heavy atom. The van der Waals surface area contributed by atoms with E-state index in [-0.39, 0.29) is 11.9 Å². The molecule has 2 rings (SSSR count). The maximum absolute atomic E-state index is 12.7. The van der Waals surface area contributed by atoms with Crippen LogP contribution in [0, 0.1) is 0 Å². The van der Waals surface area contributed by atoms with Crippen LogP contribution >= 0.6 is 0 Å². The quantitative estimate of drug-likeness (QED) is 0.779. The highest BCUT2D eigenvalue weighted by Gasteiger charge is 2.25. The van der Waals surface area contributed by atoms with Gasteiger partial charge in [-0.3, -0.25) is 4.79 Å². The predicted octanol–water partition coefficient (Wildman–Crippen LogP) is 1.60. The van der Waals surface area contributed by atoms with E-state index in [1.165, 1.54) is 0 Å². The van der Waals surface area contributed by atoms with E-state index in [1.807, 2.05) is 13.0 Å². The zero-order chi connectivity index (χ0) is 17.6. The van der Waals surface area contributed by atoms with Gasteiger partial charge in [0.1, 0.15) is 0 Å². The molecule has 0 saturated carbocycles. The summed E-state index contributed by atoms with van der Waals surface area (Å²) >= 11 is 0. The molecule has 7 heteroatoms. The number of carbonyl (C=O) groups is 1. The zero-order valence-electron chi connectivity index (χ0n) is 14.2. The van der Waals surface area contributed by atoms with Crippen LogP contribution in [0.1, 0.15) is 44.6 Å². The van der Waals surface area contributed by atoms with E-state index in [2.05, 4.69) is 5.32 Å². The fraction of sp³-hybridized carbons (Fsp3) is 0.588. The summed E-state index contributed by atoms with van der Waals surface area (Å²) in [7, 11) is -3.44. The minimum Gasteiger partial charge on any atom is -0.352 e. The van der Waals surface area contributed by atoms with E-state index in [0.717, 1.165) is 24.8 Å². The van der Waals surface area contributed by atoms with Gasteiger partial charge in [0.2, 0.25) is 15.9 Å². The van der Waals surface area contributed by atoms with E-state index in [4.69, 9.17) is 5.73 Å². The molecule has 1 unspecified atom stereocenters. The molecule has 0 aromatic heterocycles. The number of nitrogens with zero attached hydrogens (tertiary/aromatic N) is 1. The van der Waals surface area contributed by atoms with Crippen molar-refractivity contribution in [3.8, 4) is 0 Å². The maximum atomic E-state index is 12.7. The minimum atomic E-state index is -3.44. The highest BCUT2D eigenvalue weighted by atomic mass is 32.2. The molecule has 1 saturated heterocycles. The molecular weight excluding hydrogens is 326 g/mol. The molecule has 3 N–H and O–H groups in total. The van der Waals surface area contributed by atoms with Gasteiger partial charge in [-0.15, -0.1) is 0 Å². The van der Waals surface area contributed by atoms with Crippen molar-refractivity contribution in [3.05, 3.63) is 29.8 Å². The molecule has 6 nitrogen and oxygen atoms in total. The Morgan fingerprint density at radius 2 is 2.00 bits per heavy atom. The van der Waals surface area contributed by atoms with E-state index < -0.39 is 10.0 Å². The number of rotatable bonds is 7. The van der Waals surface area contributed by atoms with E-state index in [9.17, 15) is 13.2 Å². The molecular formula is C17H27N3O3S. The van der Waals surface area contributed by atoms with Crippen LogP contribution in [0.4, 0.5) is 0 Å². The van der Waals surface area contributed by atoms with Gasteiger partial charge in [0.15, 0.2) is 0 Å². The molecule has 1 amide bonds. The summed E-state index contributed by atoms with van der Waals surface area (Å²) in [5.41, 5.74) is 6.42. The third kappa shape index (κ3) is 5.29. The molecule has 1 aromatic carbocycles. The van der Waals surface area contributed by atoms with Gasteiger partial charge in [-0.1, -0.05) is 18.6 Å². The number of hydrogen-bond acceptors (Lipinski definition) is 4. The van der Waals surface area contributed by atoms with Crippen molar-refractivity contribution in [1.82, 2.24) is 9.62 Å². The summed E-state index contributed by atoms with van der Waals surface area (Å²) in [4.78, 5) is 12.1. The van der Waals surface area contributed by atoms with Crippen LogP contribution in [0.25, 0.3) is 0 Å². The molecule has 1 fully saturated rings. The lowest BCUT2D eigenvalue weighted by molar-refractivity contribution is -0.121. The van der Waals surface area contributed by atoms with Gasteiger partial charge in [-0.05, 0) is 43.9 Å². The molecule has 0 aliphatic carbocycles. The Hall–Kier alpha value is -1.44. The first kappa shape index (κ1) is 18.9. The van der Waals surface area contributed by atoms with E-state index >= 15 is 0 Å². The van der Waals surface area contributed by atoms with E-state index in [1.54, 1.807) is 22.5 Å². The molecule has 134 valence electrons. The second-order valence-electron chi connectivity index (χ2n) is 6.40. The van der Waals surface area contributed by atoms with Crippen LogP contribution in [-0.2, 0) is 21.4 Å². The van der Waals surface area contributed by atoms with Crippen LogP contribution in [0.5, 0.6) is 0 Å². The van der Waals surface area contributed by atoms with Crippen LogP contribution < -0.4 is 11.1 Å². The highest BCUT2D eigenvalue weighted by Crippen LogP contribution is 2.21. The first-order valence-corrected chi connectivity index (χ1v) is 9.95. The average Bonchev–Trinajstić information content (AvgIpc) is 2.59. The van der Waals surface area contributed by atoms with Gasteiger partial charge in [-0.25, -0.2) is 8.42 Å². The van der Waals surface area contributed by atoms with Crippen molar-refractivity contribution in [2.45, 2.75) is 56.5 Å². The van der Waals surface area contributed by atoms with Crippen LogP contribution in [-0.4, -0.2) is 37.8 Å². The van der Waals surface area contributed by atoms with Crippen molar-refractivity contribution < 1.29 is 13.2 Å². The normalized spacial score (nSPS) is 17.4. The first-order chi connectivity index (χ1) is 11.4. The summed E-state index contributed by atoms with van der Waals surface area (Å²) in [5.74, 6) is -0.0726. The van der Waals surface area contributed by atoms with Gasteiger partial charge < -0.3 is 11.1 Å². The Morgan fingerprint density at radius 1 is 1.29 bits per heavy atom. The number of nitrogens with one attached hydrogen (secondary N) is 1. The Balaban J connectivity index is 1.99. The zero-order valence-corrected chi connectivity index (χ0v) is 15.0. The number of carbonyl (C=O) groups excluding carboxylic acids is 1. The lowest BCUT2D eigenvalue weighted by Crippen LogP contribution is -2.35. The Kier molecular flexibility index (Phi) is 6.77. The standard InChI is InChI=1S/C17H27N3O3S/c1-14(18)8-9-17(21)19-13-15-6-5-7-16(12-15)24(22,23)20-10-3-2-4-11-20/h5-7,12,14H,2-4,8-11,13,18H2,1H3,(H,19,21). The predicted molar refractivity (Wildman–Crippen MR) is 93.8 cm³/mol. The van der Waals surface area contributed by atoms with Crippen molar-refractivity contribution in [2.75, 3.05) is 13.1 Å². The Bertz CT molecular complexity index is 653. The fourth-order valence-corrected chi connectivity index (χ4v) is 4.31. The largest absolute Gasteiger partial charge is 0.352 e. The molecule has 1 atom stereocenters. The third-order valence-corrected chi connectivity index (χ3v) is 6.06. The van der Waals surface area contributed by atoms with Gasteiger partial charge in [0.25, 0.3) is 0 Å². The smallest absolute Gasteiger partial charge is 0.243 e. The van der Waals surface area contributed by atoms with Gasteiger partial charge >= 0.3 is 0 Å². The number of amides is 1. The second kappa shape index (κ2) is 8.60. The first-order valence-electron chi connectivity index (χ1n) is 8.51. The van der Waals surface area contributed by atoms with Crippen LogP contribution in [0.15, 0.2) is 29.2 Å². The lowest BCUT2D eigenvalue weighted by Gasteiger charge is -2.26. The number of piperidine rings is 1. The van der Waals surface area contributed by atoms with Crippen molar-refractivity contribution in [2.24, 2.45) is 5.73 Å². The van der Waals surface area contributed by atoms with Gasteiger partial charge in [0.05, 0.1) is 4.90 Å². The molecule has 1 aliphatic heterocycles. The molecule has 0 spiro atoms. The van der Waals surface area contributed by atoms with Crippen LogP contribution in [0.3, 0.4) is 0 Å². The summed E-state index contributed by atoms with van der Waals surface area (Å²) in [6.45, 7) is 3.35. The molecule has 0 bridgehead atoms. The number of hydrogen-bond donors (Lipinski definition) is 2. The summed E-state index contributed by atoms with van der Waals surface area (Å²) < 4.78 is 26.9. The SMILES string of the molecule is CC(N)CCC(=O)NCc1cccc(S(=O)(=O)N2CCCCC2)c1. The summed E-state index contributed by atoms with van der Waals surface area (Å²) in [6, 6.07) is 6.80. The second-order valence-corrected chi connectivity index (χ2v) is 8.34. The lowest BCUT2D eigenvalue weighted by atomic mass is 10.2. The maximum Gasteiger partial charge on any atom is 0.243 e. The minimum absolute atomic E-state index is 0.00577. The van der Waals surface area contributed by atoms with Crippen molar-refractivity contribution in [1.29, 1.82) is 0 Å². The highest BCUT2D eigenvalue weighted by molar-refractivity contribution is 7.89. The van der Waals surface area contributed by atoms with Crippen molar-refractivity contribution >= 4 is 15.9 Å². The molecule has 24 heavy (non-hydrogen) atoms. The van der Waals surface area contributed by atoms with Crippen molar-refractivity contribution in [3.63, 3.8) is 0 Å². The number of sulfonamides is 1. The van der Waals surface area contributed by atoms with E-state index in [0.29, 0.717) is 37.4 Å². The fourth-order valence-electron chi connectivity index (χ4n) is 2.72. The summed E-state index contributed by atoms with van der Waals surface area (Å²) in [5, 5.41) is 2.81. The molecule has 1 heterocycles. The molecule has 0 radical (unpaired) electrons. The third-order valence-electron chi connectivity index (χ3n) is 4.17. The van der Waals surface area contributed by atoms with Gasteiger partial charge in [-0.2, -0.15) is 4.31 Å². The molecule has 1 aromatic rings. The number of nitrogens with two attached hydrogens (primary N) is 1. The van der Waals surface area contributed by atoms with Crippen LogP contribution in [0.2, 0.25) is 0 Å².